The van der Waals surface area contributed by atoms with E-state index < -0.39 is 11.5 Å². The van der Waals surface area contributed by atoms with Crippen molar-refractivity contribution >= 4 is 51.8 Å². The third-order valence-corrected chi connectivity index (χ3v) is 5.31. The molecule has 0 fully saturated rings. The first-order valence-corrected chi connectivity index (χ1v) is 10.1. The highest BCUT2D eigenvalue weighted by atomic mass is 35.5. The number of rotatable bonds is 5. The zero-order valence-corrected chi connectivity index (χ0v) is 18.4. The summed E-state index contributed by atoms with van der Waals surface area (Å²) in [5, 5.41) is 4.25. The molecule has 0 aliphatic carbocycles. The lowest BCUT2D eigenvalue weighted by Gasteiger charge is -2.13. The van der Waals surface area contributed by atoms with Crippen molar-refractivity contribution < 1.29 is 14.4 Å². The minimum Gasteiger partial charge on any atom is -0.465 e. The van der Waals surface area contributed by atoms with Crippen LogP contribution in [-0.2, 0) is 4.74 Å². The van der Waals surface area contributed by atoms with E-state index in [1.807, 2.05) is 0 Å². The molecule has 0 saturated carbocycles. The fourth-order valence-electron chi connectivity index (χ4n) is 3.17. The smallest absolute Gasteiger partial charge is 0.337 e. The summed E-state index contributed by atoms with van der Waals surface area (Å²) in [5.41, 5.74) is 1.51. The molecule has 0 radical (unpaired) electrons. The maximum absolute atomic E-state index is 13.1. The van der Waals surface area contributed by atoms with Crippen LogP contribution in [0.5, 0.6) is 0 Å². The summed E-state index contributed by atoms with van der Waals surface area (Å²) in [4.78, 5) is 38.7. The SMILES string of the molecule is COC(=O)c1ccc(Nc2ncc3cc(-c4c(Cl)cccc4Cl)c(=O)n(OC)c3n2)cc1. The van der Waals surface area contributed by atoms with Crippen LogP contribution in [0, 0.1) is 0 Å². The number of carbonyl (C=O) groups excluding carboxylic acids is 1. The Morgan fingerprint density at radius 2 is 1.75 bits per heavy atom. The van der Waals surface area contributed by atoms with Crippen LogP contribution >= 0.6 is 23.2 Å². The molecule has 0 atom stereocenters. The van der Waals surface area contributed by atoms with Crippen LogP contribution in [0.1, 0.15) is 10.4 Å². The highest BCUT2D eigenvalue weighted by Gasteiger charge is 2.18. The average molecular weight is 471 g/mol. The Morgan fingerprint density at radius 1 is 1.06 bits per heavy atom. The molecule has 0 spiro atoms. The normalized spacial score (nSPS) is 10.8. The Hall–Kier alpha value is -3.62. The van der Waals surface area contributed by atoms with E-state index in [0.717, 1.165) is 4.73 Å². The van der Waals surface area contributed by atoms with Crippen molar-refractivity contribution in [3.63, 3.8) is 0 Å². The lowest BCUT2D eigenvalue weighted by Crippen LogP contribution is -2.27. The minimum atomic E-state index is -0.470. The number of ether oxygens (including phenoxy) is 1. The second kappa shape index (κ2) is 8.86. The van der Waals surface area contributed by atoms with Crippen molar-refractivity contribution in [1.82, 2.24) is 14.7 Å². The maximum Gasteiger partial charge on any atom is 0.337 e. The van der Waals surface area contributed by atoms with Crippen molar-refractivity contribution in [2.45, 2.75) is 0 Å². The molecule has 0 amide bonds. The van der Waals surface area contributed by atoms with E-state index in [1.54, 1.807) is 54.7 Å². The number of pyridine rings is 1. The van der Waals surface area contributed by atoms with Gasteiger partial charge < -0.3 is 14.9 Å². The lowest BCUT2D eigenvalue weighted by atomic mass is 10.1. The second-order valence-corrected chi connectivity index (χ2v) is 7.42. The van der Waals surface area contributed by atoms with Crippen LogP contribution in [0.2, 0.25) is 10.0 Å². The Kier molecular flexibility index (Phi) is 5.98. The number of halogens is 2. The van der Waals surface area contributed by atoms with Crippen LogP contribution in [0.3, 0.4) is 0 Å². The minimum absolute atomic E-state index is 0.233. The number of hydrogen-bond donors (Lipinski definition) is 1. The Labute approximate surface area is 192 Å². The monoisotopic (exact) mass is 470 g/mol. The first-order valence-electron chi connectivity index (χ1n) is 9.30. The third kappa shape index (κ3) is 3.98. The van der Waals surface area contributed by atoms with Crippen LogP contribution in [0.15, 0.2) is 59.5 Å². The predicted molar refractivity (Wildman–Crippen MR) is 123 cm³/mol. The summed E-state index contributed by atoms with van der Waals surface area (Å²) >= 11 is 12.6. The summed E-state index contributed by atoms with van der Waals surface area (Å²) in [5.74, 6) is -0.200. The molecule has 0 aliphatic rings. The van der Waals surface area contributed by atoms with Gasteiger partial charge in [0.1, 0.15) is 7.11 Å². The summed E-state index contributed by atoms with van der Waals surface area (Å²) in [7, 11) is 2.68. The van der Waals surface area contributed by atoms with E-state index in [1.165, 1.54) is 14.2 Å². The summed E-state index contributed by atoms with van der Waals surface area (Å²) in [6.45, 7) is 0. The molecule has 0 saturated heterocycles. The molecule has 0 aliphatic heterocycles. The van der Waals surface area contributed by atoms with Gasteiger partial charge in [-0.05, 0) is 42.5 Å². The molecular formula is C22H16Cl2N4O4. The number of nitrogens with one attached hydrogen (secondary N) is 1. The molecule has 2 aromatic heterocycles. The van der Waals surface area contributed by atoms with Gasteiger partial charge in [-0.1, -0.05) is 29.3 Å². The van der Waals surface area contributed by atoms with E-state index in [4.69, 9.17) is 28.0 Å². The number of hydrogen-bond acceptors (Lipinski definition) is 7. The number of fused-ring (bicyclic) bond motifs is 1. The first kappa shape index (κ1) is 21.6. The zero-order chi connectivity index (χ0) is 22.8. The summed E-state index contributed by atoms with van der Waals surface area (Å²) < 4.78 is 5.74. The van der Waals surface area contributed by atoms with Crippen LogP contribution in [0.25, 0.3) is 22.2 Å². The van der Waals surface area contributed by atoms with Gasteiger partial charge in [0.2, 0.25) is 5.95 Å². The van der Waals surface area contributed by atoms with Crippen molar-refractivity contribution in [2.24, 2.45) is 0 Å². The summed E-state index contributed by atoms with van der Waals surface area (Å²) in [6, 6.07) is 13.2. The van der Waals surface area contributed by atoms with Gasteiger partial charge in [-0.3, -0.25) is 4.79 Å². The highest BCUT2D eigenvalue weighted by molar-refractivity contribution is 6.39. The van der Waals surface area contributed by atoms with E-state index in [0.29, 0.717) is 32.2 Å². The Balaban J connectivity index is 1.76. The predicted octanol–water partition coefficient (Wildman–Crippen LogP) is 4.35. The van der Waals surface area contributed by atoms with E-state index >= 15 is 0 Å². The maximum atomic E-state index is 13.1. The van der Waals surface area contributed by atoms with Gasteiger partial charge in [-0.2, -0.15) is 4.98 Å². The molecule has 10 heteroatoms. The van der Waals surface area contributed by atoms with E-state index in [2.05, 4.69) is 20.0 Å². The van der Waals surface area contributed by atoms with Crippen molar-refractivity contribution in [1.29, 1.82) is 0 Å². The van der Waals surface area contributed by atoms with Gasteiger partial charge >= 0.3 is 5.97 Å². The van der Waals surface area contributed by atoms with Crippen molar-refractivity contribution in [3.05, 3.63) is 80.7 Å². The van der Waals surface area contributed by atoms with Crippen molar-refractivity contribution in [2.75, 3.05) is 19.5 Å². The van der Waals surface area contributed by atoms with Gasteiger partial charge in [0, 0.05) is 22.8 Å². The number of aromatic nitrogens is 3. The van der Waals surface area contributed by atoms with Gasteiger partial charge in [0.25, 0.3) is 5.56 Å². The quantitative estimate of drug-likeness (QED) is 0.433. The van der Waals surface area contributed by atoms with Crippen LogP contribution in [-0.4, -0.2) is 34.9 Å². The number of anilines is 2. The van der Waals surface area contributed by atoms with Gasteiger partial charge in [-0.25, -0.2) is 9.78 Å². The molecule has 4 rings (SSSR count). The van der Waals surface area contributed by atoms with Crippen LogP contribution in [0.4, 0.5) is 11.6 Å². The fraction of sp³-hybridized carbons (Fsp3) is 0.0909. The molecule has 8 nitrogen and oxygen atoms in total. The number of nitrogens with zero attached hydrogens (tertiary/aromatic N) is 3. The molecule has 2 heterocycles. The highest BCUT2D eigenvalue weighted by Crippen LogP contribution is 2.33. The standard InChI is InChI=1S/C22H16Cl2N4O4/c1-31-21(30)12-6-8-14(9-7-12)26-22-25-11-13-10-15(18-16(23)4-3-5-17(18)24)20(29)28(32-2)19(13)27-22/h3-11H,1-2H3,(H,25,26,27). The number of carbonyl (C=O) groups is 1. The molecule has 1 N–H and O–H groups in total. The Morgan fingerprint density at radius 3 is 2.38 bits per heavy atom. The van der Waals surface area contributed by atoms with Crippen molar-refractivity contribution in [3.8, 4) is 11.1 Å². The molecule has 0 bridgehead atoms. The topological polar surface area (TPSA) is 95.3 Å². The molecule has 4 aromatic rings. The molecule has 162 valence electrons. The number of methoxy groups -OCH3 is 1. The molecule has 2 aromatic carbocycles. The number of benzene rings is 2. The lowest BCUT2D eigenvalue weighted by molar-refractivity contribution is 0.0601. The zero-order valence-electron chi connectivity index (χ0n) is 16.9. The van der Waals surface area contributed by atoms with E-state index in [-0.39, 0.29) is 17.2 Å². The van der Waals surface area contributed by atoms with E-state index in [9.17, 15) is 9.59 Å². The second-order valence-electron chi connectivity index (χ2n) is 6.60. The third-order valence-electron chi connectivity index (χ3n) is 4.68. The Bertz CT molecular complexity index is 1370. The summed E-state index contributed by atoms with van der Waals surface area (Å²) in [6.07, 6.45) is 1.55. The molecular weight excluding hydrogens is 455 g/mol. The van der Waals surface area contributed by atoms with Gasteiger partial charge in [0.15, 0.2) is 5.65 Å². The number of esters is 1. The fourth-order valence-corrected chi connectivity index (χ4v) is 3.77. The largest absolute Gasteiger partial charge is 0.465 e. The molecule has 0 unspecified atom stereocenters. The first-order chi connectivity index (χ1) is 15.4. The average Bonchev–Trinajstić information content (AvgIpc) is 2.79. The van der Waals surface area contributed by atoms with Gasteiger partial charge in [-0.15, -0.1) is 4.73 Å². The molecule has 32 heavy (non-hydrogen) atoms. The van der Waals surface area contributed by atoms with Gasteiger partial charge in [0.05, 0.1) is 28.3 Å². The van der Waals surface area contributed by atoms with Crippen LogP contribution < -0.4 is 15.7 Å².